The zero-order valence-corrected chi connectivity index (χ0v) is 15.9. The summed E-state index contributed by atoms with van der Waals surface area (Å²) < 4.78 is 5.24. The van der Waals surface area contributed by atoms with Gasteiger partial charge in [-0.2, -0.15) is 0 Å². The van der Waals surface area contributed by atoms with Gasteiger partial charge in [0.1, 0.15) is 5.00 Å². The molecule has 0 atom stereocenters. The number of anilines is 1. The monoisotopic (exact) mass is 374 g/mol. The number of ether oxygens (including phenoxy) is 1. The van der Waals surface area contributed by atoms with Crippen molar-refractivity contribution in [2.45, 2.75) is 32.6 Å². The van der Waals surface area contributed by atoms with Gasteiger partial charge in [0.25, 0.3) is 0 Å². The third-order valence-electron chi connectivity index (χ3n) is 4.17. The molecule has 6 heteroatoms. The van der Waals surface area contributed by atoms with E-state index in [-0.39, 0.29) is 5.97 Å². The number of aryl methyl sites for hydroxylation is 1. The van der Waals surface area contributed by atoms with Gasteiger partial charge in [-0.3, -0.25) is 0 Å². The number of fused-ring (bicyclic) bond motifs is 1. The number of hydrogen-bond donors (Lipinski definition) is 2. The van der Waals surface area contributed by atoms with Crippen molar-refractivity contribution in [2.75, 3.05) is 18.5 Å². The van der Waals surface area contributed by atoms with E-state index in [1.165, 1.54) is 10.4 Å². The van der Waals surface area contributed by atoms with Crippen molar-refractivity contribution < 1.29 is 9.53 Å². The summed E-state index contributed by atoms with van der Waals surface area (Å²) in [5.41, 5.74) is 3.07. The molecule has 0 aliphatic heterocycles. The Balaban J connectivity index is 1.62. The van der Waals surface area contributed by atoms with Gasteiger partial charge in [0.2, 0.25) is 0 Å². The highest BCUT2D eigenvalue weighted by Crippen LogP contribution is 2.39. The molecule has 0 saturated heterocycles. The molecule has 0 unspecified atom stereocenters. The second kappa shape index (κ2) is 8.45. The van der Waals surface area contributed by atoms with Gasteiger partial charge in [-0.05, 0) is 56.0 Å². The number of carbonyl (C=O) groups excluding carboxylic acids is 1. The maximum atomic E-state index is 12.3. The van der Waals surface area contributed by atoms with Gasteiger partial charge in [-0.1, -0.05) is 30.3 Å². The molecule has 1 aromatic carbocycles. The molecule has 0 bridgehead atoms. The molecular weight excluding hydrogens is 352 g/mol. The maximum Gasteiger partial charge on any atom is 0.341 e. The van der Waals surface area contributed by atoms with Crippen LogP contribution >= 0.6 is 23.6 Å². The van der Waals surface area contributed by atoms with Crippen molar-refractivity contribution in [3.8, 4) is 0 Å². The number of esters is 1. The lowest BCUT2D eigenvalue weighted by atomic mass is 10.1. The van der Waals surface area contributed by atoms with E-state index in [4.69, 9.17) is 17.0 Å². The topological polar surface area (TPSA) is 50.4 Å². The fourth-order valence-electron chi connectivity index (χ4n) is 3.02. The molecule has 3 rings (SSSR count). The van der Waals surface area contributed by atoms with E-state index in [0.717, 1.165) is 42.8 Å². The number of thiocarbonyl (C=S) groups is 1. The number of benzene rings is 1. The maximum absolute atomic E-state index is 12.3. The van der Waals surface area contributed by atoms with Crippen LogP contribution in [0.25, 0.3) is 0 Å². The highest BCUT2D eigenvalue weighted by Gasteiger charge is 2.27. The summed E-state index contributed by atoms with van der Waals surface area (Å²) in [6.07, 6.45) is 3.97. The van der Waals surface area contributed by atoms with E-state index in [1.807, 2.05) is 25.1 Å². The predicted molar refractivity (Wildman–Crippen MR) is 107 cm³/mol. The molecule has 1 heterocycles. The Kier molecular flexibility index (Phi) is 6.04. The zero-order valence-electron chi connectivity index (χ0n) is 14.3. The fraction of sp³-hybridized carbons (Fsp3) is 0.368. The predicted octanol–water partition coefficient (Wildman–Crippen LogP) is 3.94. The molecule has 0 spiro atoms. The Morgan fingerprint density at radius 3 is 2.84 bits per heavy atom. The van der Waals surface area contributed by atoms with Crippen molar-refractivity contribution in [2.24, 2.45) is 0 Å². The molecule has 25 heavy (non-hydrogen) atoms. The summed E-state index contributed by atoms with van der Waals surface area (Å²) in [5, 5.41) is 7.77. The van der Waals surface area contributed by atoms with Crippen molar-refractivity contribution in [3.05, 3.63) is 51.9 Å². The molecule has 1 aliphatic rings. The van der Waals surface area contributed by atoms with Crippen molar-refractivity contribution in [1.82, 2.24) is 5.32 Å². The van der Waals surface area contributed by atoms with Crippen LogP contribution in [0.5, 0.6) is 0 Å². The van der Waals surface area contributed by atoms with Gasteiger partial charge in [-0.25, -0.2) is 4.79 Å². The van der Waals surface area contributed by atoms with Gasteiger partial charge in [0.15, 0.2) is 5.11 Å². The summed E-state index contributed by atoms with van der Waals surface area (Å²) in [6, 6.07) is 10.3. The normalized spacial score (nSPS) is 12.5. The minimum Gasteiger partial charge on any atom is -0.462 e. The first-order valence-corrected chi connectivity index (χ1v) is 9.82. The average molecular weight is 375 g/mol. The number of rotatable bonds is 6. The van der Waals surface area contributed by atoms with E-state index >= 15 is 0 Å². The third-order valence-corrected chi connectivity index (χ3v) is 5.62. The fourth-order valence-corrected chi connectivity index (χ4v) is 4.57. The van der Waals surface area contributed by atoms with Crippen LogP contribution in [0.3, 0.4) is 0 Å². The molecule has 0 amide bonds. The SMILES string of the molecule is CCOC(=O)c1c(NC(=S)NCCc2ccccc2)sc2c1CCC2. The number of hydrogen-bond acceptors (Lipinski definition) is 4. The second-order valence-electron chi connectivity index (χ2n) is 5.90. The summed E-state index contributed by atoms with van der Waals surface area (Å²) in [6.45, 7) is 2.95. The minimum atomic E-state index is -0.253. The quantitative estimate of drug-likeness (QED) is 0.592. The van der Waals surface area contributed by atoms with Crippen LogP contribution in [0.2, 0.25) is 0 Å². The molecule has 1 aliphatic carbocycles. The Morgan fingerprint density at radius 2 is 2.08 bits per heavy atom. The van der Waals surface area contributed by atoms with Crippen LogP contribution in [0.4, 0.5) is 5.00 Å². The van der Waals surface area contributed by atoms with Gasteiger partial charge >= 0.3 is 5.97 Å². The zero-order chi connectivity index (χ0) is 17.6. The van der Waals surface area contributed by atoms with E-state index in [2.05, 4.69) is 22.8 Å². The first kappa shape index (κ1) is 17.9. The number of nitrogens with one attached hydrogen (secondary N) is 2. The third kappa shape index (κ3) is 4.38. The number of carbonyl (C=O) groups is 1. The Hall–Kier alpha value is -1.92. The van der Waals surface area contributed by atoms with Crippen LogP contribution in [-0.2, 0) is 24.0 Å². The Morgan fingerprint density at radius 1 is 1.28 bits per heavy atom. The van der Waals surface area contributed by atoms with Gasteiger partial charge in [-0.15, -0.1) is 11.3 Å². The van der Waals surface area contributed by atoms with E-state index in [0.29, 0.717) is 17.3 Å². The summed E-state index contributed by atoms with van der Waals surface area (Å²) in [5.74, 6) is -0.253. The molecule has 0 saturated carbocycles. The summed E-state index contributed by atoms with van der Waals surface area (Å²) in [4.78, 5) is 13.6. The minimum absolute atomic E-state index is 0.253. The van der Waals surface area contributed by atoms with Gasteiger partial charge in [0, 0.05) is 11.4 Å². The molecule has 1 aromatic heterocycles. The molecular formula is C19H22N2O2S2. The standard InChI is InChI=1S/C19H22N2O2S2/c1-2-23-18(22)16-14-9-6-10-15(14)25-17(16)21-19(24)20-12-11-13-7-4-3-5-8-13/h3-5,7-8H,2,6,9-12H2,1H3,(H2,20,21,24). The van der Waals surface area contributed by atoms with E-state index < -0.39 is 0 Å². The highest BCUT2D eigenvalue weighted by molar-refractivity contribution is 7.80. The first-order valence-electron chi connectivity index (χ1n) is 8.59. The summed E-state index contributed by atoms with van der Waals surface area (Å²) in [7, 11) is 0. The highest BCUT2D eigenvalue weighted by atomic mass is 32.1. The average Bonchev–Trinajstić information content (AvgIpc) is 3.16. The van der Waals surface area contributed by atoms with Crippen molar-refractivity contribution in [1.29, 1.82) is 0 Å². The van der Waals surface area contributed by atoms with Crippen molar-refractivity contribution in [3.63, 3.8) is 0 Å². The number of thiophene rings is 1. The molecule has 4 nitrogen and oxygen atoms in total. The van der Waals surface area contributed by atoms with Crippen molar-refractivity contribution >= 4 is 39.6 Å². The molecule has 2 N–H and O–H groups in total. The van der Waals surface area contributed by atoms with Crippen LogP contribution in [-0.4, -0.2) is 24.2 Å². The molecule has 2 aromatic rings. The Bertz CT molecular complexity index is 756. The smallest absolute Gasteiger partial charge is 0.341 e. The lowest BCUT2D eigenvalue weighted by Gasteiger charge is -2.11. The second-order valence-corrected chi connectivity index (χ2v) is 7.41. The van der Waals surface area contributed by atoms with Crippen LogP contribution in [0.15, 0.2) is 30.3 Å². The molecule has 0 radical (unpaired) electrons. The van der Waals surface area contributed by atoms with E-state index in [1.54, 1.807) is 11.3 Å². The molecule has 132 valence electrons. The summed E-state index contributed by atoms with van der Waals surface area (Å²) >= 11 is 7.02. The largest absolute Gasteiger partial charge is 0.462 e. The van der Waals surface area contributed by atoms with Crippen LogP contribution in [0.1, 0.15) is 39.7 Å². The Labute approximate surface area is 157 Å². The lowest BCUT2D eigenvalue weighted by Crippen LogP contribution is -2.30. The van der Waals surface area contributed by atoms with E-state index in [9.17, 15) is 4.79 Å². The lowest BCUT2D eigenvalue weighted by molar-refractivity contribution is 0.0527. The molecule has 0 fully saturated rings. The van der Waals surface area contributed by atoms with Crippen LogP contribution in [0, 0.1) is 0 Å². The van der Waals surface area contributed by atoms with Gasteiger partial charge < -0.3 is 15.4 Å². The first-order chi connectivity index (χ1) is 12.2. The van der Waals surface area contributed by atoms with Crippen LogP contribution < -0.4 is 10.6 Å². The van der Waals surface area contributed by atoms with Gasteiger partial charge in [0.05, 0.1) is 12.2 Å².